The number of aryl methyl sites for hydroxylation is 1. The Balaban J connectivity index is 1.26. The first-order chi connectivity index (χ1) is 17.8. The lowest BCUT2D eigenvalue weighted by Crippen LogP contribution is -2.26. The van der Waals surface area contributed by atoms with E-state index in [0.29, 0.717) is 47.5 Å². The Morgan fingerprint density at radius 1 is 1.08 bits per heavy atom. The van der Waals surface area contributed by atoms with Crippen LogP contribution in [0.5, 0.6) is 11.5 Å². The van der Waals surface area contributed by atoms with Gasteiger partial charge >= 0.3 is 0 Å². The third kappa shape index (κ3) is 4.61. The summed E-state index contributed by atoms with van der Waals surface area (Å²) in [5, 5.41) is 4.59. The van der Waals surface area contributed by atoms with Gasteiger partial charge in [-0.2, -0.15) is 5.10 Å². The van der Waals surface area contributed by atoms with E-state index >= 15 is 0 Å². The summed E-state index contributed by atoms with van der Waals surface area (Å²) in [6, 6.07) is 6.49. The van der Waals surface area contributed by atoms with Gasteiger partial charge in [-0.15, -0.1) is 0 Å². The number of ether oxygens (including phenoxy) is 1. The van der Waals surface area contributed by atoms with Gasteiger partial charge in [0.2, 0.25) is 5.92 Å². The van der Waals surface area contributed by atoms with Gasteiger partial charge in [0, 0.05) is 31.1 Å². The molecule has 0 saturated heterocycles. The number of imidazole rings is 1. The predicted octanol–water partition coefficient (Wildman–Crippen LogP) is 7.09. The molecule has 11 heteroatoms. The van der Waals surface area contributed by atoms with Crippen LogP contribution in [0.25, 0.3) is 33.3 Å². The van der Waals surface area contributed by atoms with Crippen molar-refractivity contribution in [2.75, 3.05) is 0 Å². The summed E-state index contributed by atoms with van der Waals surface area (Å²) < 4.78 is 49.5. The summed E-state index contributed by atoms with van der Waals surface area (Å²) in [4.78, 5) is 16.2. The van der Waals surface area contributed by atoms with Gasteiger partial charge in [-0.25, -0.2) is 23.1 Å². The molecule has 2 aromatic carbocycles. The Morgan fingerprint density at radius 3 is 2.65 bits per heavy atom. The van der Waals surface area contributed by atoms with E-state index in [-0.39, 0.29) is 40.8 Å². The molecule has 1 aliphatic carbocycles. The monoisotopic (exact) mass is 526 g/mol. The molecule has 3 aromatic heterocycles. The maximum absolute atomic E-state index is 15.0. The summed E-state index contributed by atoms with van der Waals surface area (Å²) in [6.45, 7) is 2.32. The van der Waals surface area contributed by atoms with Gasteiger partial charge in [-0.1, -0.05) is 11.6 Å². The quantitative estimate of drug-likeness (QED) is 0.264. The molecule has 1 N–H and O–H groups in total. The number of hydrogen-bond acceptors (Lipinski definition) is 5. The molecule has 0 bridgehead atoms. The normalized spacial score (nSPS) is 16.0. The molecule has 7 nitrogen and oxygen atoms in total. The fourth-order valence-electron chi connectivity index (χ4n) is 4.73. The first-order valence-corrected chi connectivity index (χ1v) is 12.3. The molecule has 3 heterocycles. The molecule has 0 radical (unpaired) electrons. The number of nitrogens with one attached hydrogen (secondary N) is 1. The van der Waals surface area contributed by atoms with Crippen LogP contribution in [0, 0.1) is 18.7 Å². The van der Waals surface area contributed by atoms with Gasteiger partial charge in [0.25, 0.3) is 0 Å². The molecule has 5 aromatic rings. The van der Waals surface area contributed by atoms with Crippen molar-refractivity contribution in [3.8, 4) is 22.8 Å². The fraction of sp³-hybridized carbons (Fsp3) is 0.308. The van der Waals surface area contributed by atoms with E-state index in [1.165, 1.54) is 6.07 Å². The van der Waals surface area contributed by atoms with Crippen LogP contribution in [0.3, 0.4) is 0 Å². The Kier molecular flexibility index (Phi) is 5.78. The topological polar surface area (TPSA) is 81.5 Å². The Morgan fingerprint density at radius 2 is 1.84 bits per heavy atom. The third-order valence-electron chi connectivity index (χ3n) is 6.73. The molecule has 190 valence electrons. The number of H-pyrrole nitrogens is 1. The van der Waals surface area contributed by atoms with Crippen molar-refractivity contribution in [3.63, 3.8) is 0 Å². The fourth-order valence-corrected chi connectivity index (χ4v) is 4.97. The minimum absolute atomic E-state index is 0.00302. The number of hydrogen-bond donors (Lipinski definition) is 1. The molecule has 0 amide bonds. The van der Waals surface area contributed by atoms with Crippen molar-refractivity contribution in [2.45, 2.75) is 45.1 Å². The van der Waals surface area contributed by atoms with Crippen molar-refractivity contribution < 1.29 is 17.9 Å². The molecule has 1 aliphatic rings. The van der Waals surface area contributed by atoms with Crippen LogP contribution in [0.15, 0.2) is 42.9 Å². The zero-order valence-electron chi connectivity index (χ0n) is 19.8. The van der Waals surface area contributed by atoms with Crippen LogP contribution in [0.2, 0.25) is 5.02 Å². The highest BCUT2D eigenvalue weighted by Crippen LogP contribution is 2.38. The molecular weight excluding hydrogens is 505 g/mol. The van der Waals surface area contributed by atoms with E-state index in [4.69, 9.17) is 16.3 Å². The Bertz CT molecular complexity index is 1620. The zero-order valence-corrected chi connectivity index (χ0v) is 20.6. The summed E-state index contributed by atoms with van der Waals surface area (Å²) in [6.07, 6.45) is 5.91. The molecule has 0 aliphatic heterocycles. The van der Waals surface area contributed by atoms with Crippen molar-refractivity contribution >= 4 is 33.7 Å². The Labute approximate surface area is 214 Å². The Hall–Kier alpha value is -3.66. The van der Waals surface area contributed by atoms with E-state index in [2.05, 4.69) is 25.0 Å². The van der Waals surface area contributed by atoms with Gasteiger partial charge in [0.1, 0.15) is 27.6 Å². The van der Waals surface area contributed by atoms with E-state index < -0.39 is 11.7 Å². The molecule has 37 heavy (non-hydrogen) atoms. The second-order valence-electron chi connectivity index (χ2n) is 9.45. The average Bonchev–Trinajstić information content (AvgIpc) is 3.50. The SMILES string of the molecule is Cc1nc2ccc(Oc3ccc4ncc(-c5cnn(CC6CCC(F)(F)CC6)c5)nc4c3Cl)c(F)c2[nH]1. The van der Waals surface area contributed by atoms with Crippen molar-refractivity contribution in [3.05, 3.63) is 59.5 Å². The maximum atomic E-state index is 15.0. The summed E-state index contributed by atoms with van der Waals surface area (Å²) >= 11 is 6.63. The lowest BCUT2D eigenvalue weighted by Gasteiger charge is -2.28. The minimum Gasteiger partial charge on any atom is -0.453 e. The predicted molar refractivity (Wildman–Crippen MR) is 134 cm³/mol. The first kappa shape index (κ1) is 23.7. The molecular formula is C26H22ClF3N6O. The van der Waals surface area contributed by atoms with Crippen LogP contribution >= 0.6 is 11.6 Å². The van der Waals surface area contributed by atoms with Crippen molar-refractivity contribution in [1.82, 2.24) is 29.7 Å². The van der Waals surface area contributed by atoms with E-state index in [9.17, 15) is 13.2 Å². The maximum Gasteiger partial charge on any atom is 0.248 e. The van der Waals surface area contributed by atoms with Crippen LogP contribution in [-0.4, -0.2) is 35.6 Å². The number of aromatic nitrogens is 6. The van der Waals surface area contributed by atoms with Crippen LogP contribution in [0.4, 0.5) is 13.2 Å². The number of aromatic amines is 1. The van der Waals surface area contributed by atoms with Crippen molar-refractivity contribution in [2.24, 2.45) is 5.92 Å². The molecule has 1 fully saturated rings. The standard InChI is InChI=1S/C26H22ClF3N6O/c1-14-33-18-3-5-21(23(28)25(18)34-14)37-20-4-2-17-24(22(20)27)35-19(11-31-17)16-10-32-36(13-16)12-15-6-8-26(29,30)9-7-15/h2-5,10-11,13,15H,6-9,12H2,1H3,(H,33,34). The first-order valence-electron chi connectivity index (χ1n) is 11.9. The lowest BCUT2D eigenvalue weighted by molar-refractivity contribution is -0.0476. The van der Waals surface area contributed by atoms with Gasteiger partial charge in [-0.3, -0.25) is 9.67 Å². The highest BCUT2D eigenvalue weighted by atomic mass is 35.5. The van der Waals surface area contributed by atoms with Crippen LogP contribution in [0.1, 0.15) is 31.5 Å². The van der Waals surface area contributed by atoms with Gasteiger partial charge in [0.05, 0.1) is 29.1 Å². The number of nitrogens with zero attached hydrogens (tertiary/aromatic N) is 5. The van der Waals surface area contributed by atoms with Gasteiger partial charge in [0.15, 0.2) is 11.6 Å². The molecule has 6 rings (SSSR count). The molecule has 0 unspecified atom stereocenters. The second kappa shape index (κ2) is 9.02. The summed E-state index contributed by atoms with van der Waals surface area (Å²) in [5.41, 5.74) is 2.99. The molecule has 1 saturated carbocycles. The van der Waals surface area contributed by atoms with E-state index in [1.54, 1.807) is 42.2 Å². The smallest absolute Gasteiger partial charge is 0.248 e. The largest absolute Gasteiger partial charge is 0.453 e. The van der Waals surface area contributed by atoms with E-state index in [1.807, 2.05) is 6.20 Å². The van der Waals surface area contributed by atoms with Crippen LogP contribution < -0.4 is 4.74 Å². The average molecular weight is 527 g/mol. The second-order valence-corrected chi connectivity index (χ2v) is 9.83. The minimum atomic E-state index is -2.55. The molecule has 0 spiro atoms. The van der Waals surface area contributed by atoms with Gasteiger partial charge in [-0.05, 0) is 49.9 Å². The third-order valence-corrected chi connectivity index (χ3v) is 7.09. The highest BCUT2D eigenvalue weighted by Gasteiger charge is 2.35. The number of fused-ring (bicyclic) bond motifs is 2. The number of benzene rings is 2. The lowest BCUT2D eigenvalue weighted by atomic mass is 9.87. The highest BCUT2D eigenvalue weighted by molar-refractivity contribution is 6.36. The van der Waals surface area contributed by atoms with Crippen LogP contribution in [-0.2, 0) is 6.54 Å². The number of alkyl halides is 2. The molecule has 0 atom stereocenters. The summed E-state index contributed by atoms with van der Waals surface area (Å²) in [7, 11) is 0. The van der Waals surface area contributed by atoms with Gasteiger partial charge < -0.3 is 9.72 Å². The number of rotatable bonds is 5. The van der Waals surface area contributed by atoms with Crippen molar-refractivity contribution in [1.29, 1.82) is 0 Å². The number of halogens is 4. The summed E-state index contributed by atoms with van der Waals surface area (Å²) in [5.74, 6) is -2.12. The zero-order chi connectivity index (χ0) is 25.7. The van der Waals surface area contributed by atoms with E-state index in [0.717, 1.165) is 5.56 Å².